The first-order chi connectivity index (χ1) is 14.5. The molecule has 0 unspecified atom stereocenters. The van der Waals surface area contributed by atoms with Gasteiger partial charge in [-0.25, -0.2) is 14.4 Å². The first kappa shape index (κ1) is 19.3. The molecule has 1 amide bonds. The summed E-state index contributed by atoms with van der Waals surface area (Å²) in [5.74, 6) is -0.409. The molecular weight excluding hydrogens is 387 g/mol. The van der Waals surface area contributed by atoms with E-state index in [1.54, 1.807) is 37.6 Å². The topological polar surface area (TPSA) is 86.1 Å². The molecule has 8 heteroatoms. The van der Waals surface area contributed by atoms with E-state index in [9.17, 15) is 14.0 Å². The van der Waals surface area contributed by atoms with Gasteiger partial charge in [0.05, 0.1) is 13.7 Å². The molecule has 2 heterocycles. The van der Waals surface area contributed by atoms with Crippen LogP contribution >= 0.6 is 0 Å². The number of hydrogen-bond donors (Lipinski definition) is 1. The van der Waals surface area contributed by atoms with Crippen LogP contribution in [0.3, 0.4) is 0 Å². The number of nitrogens with zero attached hydrogens (tertiary/aromatic N) is 3. The van der Waals surface area contributed by atoms with Crippen molar-refractivity contribution in [1.29, 1.82) is 0 Å². The van der Waals surface area contributed by atoms with E-state index in [4.69, 9.17) is 4.74 Å². The van der Waals surface area contributed by atoms with Gasteiger partial charge in [0.25, 0.3) is 11.5 Å². The van der Waals surface area contributed by atoms with Crippen molar-refractivity contribution in [3.05, 3.63) is 94.3 Å². The third-order valence-electron chi connectivity index (χ3n) is 4.52. The van der Waals surface area contributed by atoms with E-state index < -0.39 is 17.3 Å². The zero-order chi connectivity index (χ0) is 21.1. The Kier molecular flexibility index (Phi) is 5.21. The fraction of sp³-hybridized carbons (Fsp3) is 0.0909. The summed E-state index contributed by atoms with van der Waals surface area (Å²) in [7, 11) is 1.58. The second-order valence-electron chi connectivity index (χ2n) is 6.51. The minimum Gasteiger partial charge on any atom is -0.497 e. The molecule has 2 aromatic heterocycles. The number of fused-ring (bicyclic) bond motifs is 1. The summed E-state index contributed by atoms with van der Waals surface area (Å²) in [5.41, 5.74) is 1.13. The number of methoxy groups -OCH3 is 1. The maximum absolute atomic E-state index is 13.1. The molecule has 0 atom stereocenters. The Morgan fingerprint density at radius 2 is 1.83 bits per heavy atom. The van der Waals surface area contributed by atoms with Gasteiger partial charge in [0, 0.05) is 11.9 Å². The van der Waals surface area contributed by atoms with Gasteiger partial charge in [0.15, 0.2) is 11.3 Å². The number of pyridine rings is 1. The minimum absolute atomic E-state index is 0.204. The van der Waals surface area contributed by atoms with Crippen LogP contribution in [-0.4, -0.2) is 27.6 Å². The Balaban J connectivity index is 1.75. The SMILES string of the molecule is COc1ccc(Cn2c(=O)c(C(=O)Nc3ccc(F)cc3)nc3cccnc32)cc1. The Labute approximate surface area is 170 Å². The van der Waals surface area contributed by atoms with E-state index in [-0.39, 0.29) is 12.2 Å². The van der Waals surface area contributed by atoms with Gasteiger partial charge in [0.2, 0.25) is 0 Å². The molecular formula is C22H17FN4O3. The van der Waals surface area contributed by atoms with Crippen molar-refractivity contribution in [3.8, 4) is 5.75 Å². The fourth-order valence-electron chi connectivity index (χ4n) is 3.01. The average molecular weight is 404 g/mol. The van der Waals surface area contributed by atoms with Gasteiger partial charge in [-0.1, -0.05) is 12.1 Å². The maximum atomic E-state index is 13.1. The molecule has 0 saturated carbocycles. The van der Waals surface area contributed by atoms with Gasteiger partial charge in [-0.3, -0.25) is 14.2 Å². The van der Waals surface area contributed by atoms with Crippen molar-refractivity contribution < 1.29 is 13.9 Å². The molecule has 2 aromatic carbocycles. The van der Waals surface area contributed by atoms with E-state index in [2.05, 4.69) is 15.3 Å². The van der Waals surface area contributed by atoms with E-state index in [1.807, 2.05) is 12.1 Å². The number of aromatic nitrogens is 3. The molecule has 150 valence electrons. The van der Waals surface area contributed by atoms with Crippen molar-refractivity contribution in [2.24, 2.45) is 0 Å². The van der Waals surface area contributed by atoms with Crippen molar-refractivity contribution in [2.75, 3.05) is 12.4 Å². The highest BCUT2D eigenvalue weighted by molar-refractivity contribution is 6.03. The van der Waals surface area contributed by atoms with E-state index in [0.29, 0.717) is 22.6 Å². The van der Waals surface area contributed by atoms with E-state index >= 15 is 0 Å². The minimum atomic E-state index is -0.680. The third-order valence-corrected chi connectivity index (χ3v) is 4.52. The molecule has 30 heavy (non-hydrogen) atoms. The number of nitrogens with one attached hydrogen (secondary N) is 1. The summed E-state index contributed by atoms with van der Waals surface area (Å²) in [6.45, 7) is 0.204. The number of hydrogen-bond acceptors (Lipinski definition) is 5. The Morgan fingerprint density at radius 1 is 1.10 bits per heavy atom. The smallest absolute Gasteiger partial charge is 0.284 e. The second kappa shape index (κ2) is 8.12. The van der Waals surface area contributed by atoms with Crippen LogP contribution in [0.15, 0.2) is 71.7 Å². The van der Waals surface area contributed by atoms with Crippen molar-refractivity contribution in [3.63, 3.8) is 0 Å². The Morgan fingerprint density at radius 3 is 2.53 bits per heavy atom. The van der Waals surface area contributed by atoms with Crippen LogP contribution < -0.4 is 15.6 Å². The van der Waals surface area contributed by atoms with Crippen LogP contribution in [0.5, 0.6) is 5.75 Å². The van der Waals surface area contributed by atoms with E-state index in [1.165, 1.54) is 28.8 Å². The standard InChI is InChI=1S/C22H17FN4O3/c1-30-17-10-4-14(5-11-17)13-27-20-18(3-2-12-24-20)26-19(22(27)29)21(28)25-16-8-6-15(23)7-9-16/h2-12H,13H2,1H3,(H,25,28). The zero-order valence-corrected chi connectivity index (χ0v) is 16.0. The van der Waals surface area contributed by atoms with Crippen molar-refractivity contribution >= 4 is 22.8 Å². The predicted octanol–water partition coefficient (Wildman–Crippen LogP) is 3.24. The molecule has 1 N–H and O–H groups in total. The zero-order valence-electron chi connectivity index (χ0n) is 16.0. The average Bonchev–Trinajstić information content (AvgIpc) is 2.77. The molecule has 0 spiro atoms. The number of amides is 1. The second-order valence-corrected chi connectivity index (χ2v) is 6.51. The number of benzene rings is 2. The molecule has 0 aliphatic carbocycles. The molecule has 0 fully saturated rings. The normalized spacial score (nSPS) is 10.7. The number of anilines is 1. The first-order valence-corrected chi connectivity index (χ1v) is 9.10. The number of rotatable bonds is 5. The lowest BCUT2D eigenvalue weighted by Gasteiger charge is -2.12. The summed E-state index contributed by atoms with van der Waals surface area (Å²) in [4.78, 5) is 34.3. The maximum Gasteiger partial charge on any atom is 0.284 e. The van der Waals surface area contributed by atoms with Crippen LogP contribution in [0, 0.1) is 5.82 Å². The van der Waals surface area contributed by atoms with Crippen LogP contribution in [0.4, 0.5) is 10.1 Å². The number of halogens is 1. The number of carbonyl (C=O) groups is 1. The lowest BCUT2D eigenvalue weighted by atomic mass is 10.2. The molecule has 0 saturated heterocycles. The Bertz CT molecular complexity index is 1270. The quantitative estimate of drug-likeness (QED) is 0.552. The summed E-state index contributed by atoms with van der Waals surface area (Å²) >= 11 is 0. The lowest BCUT2D eigenvalue weighted by molar-refractivity contribution is 0.102. The highest BCUT2D eigenvalue weighted by atomic mass is 19.1. The summed E-state index contributed by atoms with van der Waals surface area (Å²) in [6.07, 6.45) is 1.56. The summed E-state index contributed by atoms with van der Waals surface area (Å²) < 4.78 is 19.7. The van der Waals surface area contributed by atoms with Crippen molar-refractivity contribution in [1.82, 2.24) is 14.5 Å². The third kappa shape index (κ3) is 3.88. The molecule has 0 radical (unpaired) electrons. The molecule has 7 nitrogen and oxygen atoms in total. The molecule has 4 rings (SSSR count). The van der Waals surface area contributed by atoms with Gasteiger partial charge in [-0.05, 0) is 54.1 Å². The molecule has 0 aliphatic rings. The fourth-order valence-corrected chi connectivity index (χ4v) is 3.01. The van der Waals surface area contributed by atoms with Gasteiger partial charge in [0.1, 0.15) is 17.1 Å². The van der Waals surface area contributed by atoms with Crippen LogP contribution in [0.25, 0.3) is 11.2 Å². The lowest BCUT2D eigenvalue weighted by Crippen LogP contribution is -2.32. The largest absolute Gasteiger partial charge is 0.497 e. The van der Waals surface area contributed by atoms with Crippen LogP contribution in [0.1, 0.15) is 16.1 Å². The van der Waals surface area contributed by atoms with Crippen LogP contribution in [-0.2, 0) is 6.54 Å². The van der Waals surface area contributed by atoms with Crippen molar-refractivity contribution in [2.45, 2.75) is 6.54 Å². The predicted molar refractivity (Wildman–Crippen MR) is 110 cm³/mol. The molecule has 4 aromatic rings. The van der Waals surface area contributed by atoms with Crippen LogP contribution in [0.2, 0.25) is 0 Å². The number of carbonyl (C=O) groups excluding carboxylic acids is 1. The summed E-state index contributed by atoms with van der Waals surface area (Å²) in [6, 6.07) is 15.9. The van der Waals surface area contributed by atoms with Gasteiger partial charge in [-0.15, -0.1) is 0 Å². The van der Waals surface area contributed by atoms with Gasteiger partial charge < -0.3 is 10.1 Å². The first-order valence-electron chi connectivity index (χ1n) is 9.10. The molecule has 0 aliphatic heterocycles. The molecule has 0 bridgehead atoms. The monoisotopic (exact) mass is 404 g/mol. The Hall–Kier alpha value is -4.07. The highest BCUT2D eigenvalue weighted by Crippen LogP contribution is 2.15. The highest BCUT2D eigenvalue weighted by Gasteiger charge is 2.18. The van der Waals surface area contributed by atoms with Gasteiger partial charge in [-0.2, -0.15) is 0 Å². The van der Waals surface area contributed by atoms with E-state index in [0.717, 1.165) is 5.56 Å². The van der Waals surface area contributed by atoms with Gasteiger partial charge >= 0.3 is 0 Å². The number of ether oxygens (including phenoxy) is 1. The summed E-state index contributed by atoms with van der Waals surface area (Å²) in [5, 5.41) is 2.58.